The number of aromatic nitrogens is 6. The van der Waals surface area contributed by atoms with Gasteiger partial charge in [0.2, 0.25) is 17.7 Å². The number of alkyl halides is 1. The first kappa shape index (κ1) is 38.0. The molecule has 1 amide bonds. The van der Waals surface area contributed by atoms with Crippen LogP contribution in [0.5, 0.6) is 5.88 Å². The van der Waals surface area contributed by atoms with E-state index in [1.165, 1.54) is 17.1 Å². The van der Waals surface area contributed by atoms with Crippen molar-refractivity contribution in [2.75, 3.05) is 25.1 Å². The van der Waals surface area contributed by atoms with Crippen LogP contribution in [0.1, 0.15) is 39.3 Å². The van der Waals surface area contributed by atoms with E-state index in [1.54, 1.807) is 19.9 Å². The minimum Gasteiger partial charge on any atom is -0.474 e. The zero-order valence-corrected chi connectivity index (χ0v) is 29.4. The maximum Gasteiger partial charge on any atom is 0.327 e. The summed E-state index contributed by atoms with van der Waals surface area (Å²) in [5.74, 6) is -1.34. The Labute approximate surface area is 289 Å². The fraction of sp³-hybridized carbons (Fsp3) is 0.593. The third-order valence-electron chi connectivity index (χ3n) is 7.76. The molecule has 1 aliphatic heterocycles. The summed E-state index contributed by atoms with van der Waals surface area (Å²) in [4.78, 5) is 53.3. The number of nitriles is 1. The lowest BCUT2D eigenvalue weighted by atomic mass is 10.1. The third kappa shape index (κ3) is 9.14. The van der Waals surface area contributed by atoms with Crippen LogP contribution < -0.4 is 15.6 Å². The van der Waals surface area contributed by atoms with Crippen molar-refractivity contribution in [3.05, 3.63) is 35.3 Å². The number of nitrogens with zero attached hydrogens (tertiary/aromatic N) is 6. The fourth-order valence-corrected chi connectivity index (χ4v) is 8.01. The fourth-order valence-electron chi connectivity index (χ4n) is 5.35. The monoisotopic (exact) mass is 760 g/mol. The van der Waals surface area contributed by atoms with Crippen molar-refractivity contribution >= 4 is 49.8 Å². The lowest BCUT2D eigenvalue weighted by molar-refractivity contribution is -0.118. The van der Waals surface area contributed by atoms with Crippen LogP contribution >= 0.6 is 15.0 Å². The number of carbonyl (C=O) groups excluding carboxylic acids is 1. The Bertz CT molecular complexity index is 1820. The summed E-state index contributed by atoms with van der Waals surface area (Å²) in [5.41, 5.74) is -0.961. The van der Waals surface area contributed by atoms with Crippen LogP contribution in [0.4, 0.5) is 10.3 Å². The van der Waals surface area contributed by atoms with Crippen molar-refractivity contribution in [2.24, 2.45) is 11.8 Å². The molecule has 5 rings (SSSR count). The second-order valence-corrected chi connectivity index (χ2v) is 15.3. The van der Waals surface area contributed by atoms with Gasteiger partial charge in [-0.2, -0.15) is 10.2 Å². The van der Waals surface area contributed by atoms with Gasteiger partial charge in [-0.1, -0.05) is 13.8 Å². The van der Waals surface area contributed by atoms with E-state index < -0.39 is 81.7 Å². The molecule has 50 heavy (non-hydrogen) atoms. The average molecular weight is 761 g/mol. The molecule has 2 fully saturated rings. The van der Waals surface area contributed by atoms with E-state index in [9.17, 15) is 24.2 Å². The van der Waals surface area contributed by atoms with E-state index >= 15 is 4.39 Å². The number of hydrogen-bond donors (Lipinski definition) is 4. The van der Waals surface area contributed by atoms with Gasteiger partial charge >= 0.3 is 15.0 Å². The number of fused-ring (bicyclic) bond motifs is 1. The number of nitrogens with one attached hydrogen (secondary N) is 2. The SMILES string of the molecule is CC(C)C(=O)Nc1nc2c(ncn2[C@@H]2O[C@H](CO)[C@@H](F)[C@H]2O[P@@](=S)(OCCC#N)OC[C@H]2C[C@@H](Oc3ccncn3)C[C@@H]2O[PH](=O)O)c(=O)[nH]1. The van der Waals surface area contributed by atoms with Gasteiger partial charge in [0.05, 0.1) is 44.7 Å². The highest BCUT2D eigenvalue weighted by Gasteiger charge is 2.50. The third-order valence-corrected chi connectivity index (χ3v) is 10.6. The van der Waals surface area contributed by atoms with E-state index in [-0.39, 0.29) is 55.5 Å². The highest BCUT2D eigenvalue weighted by Crippen LogP contribution is 2.55. The maximum absolute atomic E-state index is 16.0. The van der Waals surface area contributed by atoms with Crippen LogP contribution in [0.15, 0.2) is 29.7 Å². The number of ether oxygens (including phenoxy) is 2. The number of aliphatic hydroxyl groups is 1. The number of aliphatic hydroxyl groups excluding tert-OH is 1. The summed E-state index contributed by atoms with van der Waals surface area (Å²) < 4.78 is 63.6. The number of aromatic amines is 1. The van der Waals surface area contributed by atoms with Crippen molar-refractivity contribution < 1.29 is 51.3 Å². The van der Waals surface area contributed by atoms with E-state index in [1.807, 2.05) is 6.07 Å². The first-order valence-corrected chi connectivity index (χ1v) is 19.2. The van der Waals surface area contributed by atoms with Crippen LogP contribution in [0, 0.1) is 23.2 Å². The molecule has 0 radical (unpaired) electrons. The number of imidazole rings is 1. The highest BCUT2D eigenvalue weighted by molar-refractivity contribution is 8.07. The van der Waals surface area contributed by atoms with Crippen LogP contribution in [0.3, 0.4) is 0 Å². The number of amides is 1. The summed E-state index contributed by atoms with van der Waals surface area (Å²) in [6.07, 6.45) is -3.43. The average Bonchev–Trinajstić information content (AvgIpc) is 3.75. The Hall–Kier alpha value is -3.28. The largest absolute Gasteiger partial charge is 0.474 e. The van der Waals surface area contributed by atoms with Crippen molar-refractivity contribution in [2.45, 2.75) is 69.9 Å². The Balaban J connectivity index is 1.40. The molecular weight excluding hydrogens is 725 g/mol. The molecule has 1 unspecified atom stereocenters. The highest BCUT2D eigenvalue weighted by atomic mass is 32.5. The van der Waals surface area contributed by atoms with Crippen LogP contribution in [0.2, 0.25) is 0 Å². The zero-order chi connectivity index (χ0) is 36.0. The normalized spacial score (nSPS) is 26.9. The van der Waals surface area contributed by atoms with Crippen molar-refractivity contribution in [3.63, 3.8) is 0 Å². The molecule has 4 heterocycles. The molecule has 2 aliphatic rings. The van der Waals surface area contributed by atoms with E-state index in [0.29, 0.717) is 0 Å². The summed E-state index contributed by atoms with van der Waals surface area (Å²) >= 11 is 5.68. The Morgan fingerprint density at radius 1 is 1.36 bits per heavy atom. The predicted octanol–water partition coefficient (Wildman–Crippen LogP) is 1.91. The zero-order valence-electron chi connectivity index (χ0n) is 26.7. The molecule has 272 valence electrons. The molecule has 0 bridgehead atoms. The predicted molar refractivity (Wildman–Crippen MR) is 174 cm³/mol. The van der Waals surface area contributed by atoms with Gasteiger partial charge in [-0.15, -0.1) is 0 Å². The molecule has 9 atom stereocenters. The number of hydrogen-bond acceptors (Lipinski definition) is 16. The molecule has 3 aromatic rings. The Morgan fingerprint density at radius 2 is 2.16 bits per heavy atom. The van der Waals surface area contributed by atoms with Gasteiger partial charge in [-0.3, -0.25) is 33.5 Å². The number of H-pyrrole nitrogens is 1. The minimum absolute atomic E-state index is 0.100. The van der Waals surface area contributed by atoms with Gasteiger partial charge in [-0.25, -0.2) is 19.3 Å². The first-order valence-electron chi connectivity index (χ1n) is 15.4. The maximum atomic E-state index is 16.0. The molecule has 3 aromatic heterocycles. The molecule has 1 saturated heterocycles. The molecule has 19 nitrogen and oxygen atoms in total. The van der Waals surface area contributed by atoms with Crippen LogP contribution in [-0.2, 0) is 44.0 Å². The Morgan fingerprint density at radius 3 is 2.84 bits per heavy atom. The van der Waals surface area contributed by atoms with Gasteiger partial charge in [0.25, 0.3) is 5.56 Å². The molecule has 23 heteroatoms. The quantitative estimate of drug-likeness (QED) is 0.120. The molecule has 0 spiro atoms. The summed E-state index contributed by atoms with van der Waals surface area (Å²) in [5, 5.41) is 21.5. The Kier molecular flexibility index (Phi) is 12.8. The van der Waals surface area contributed by atoms with Crippen molar-refractivity contribution in [1.29, 1.82) is 5.26 Å². The summed E-state index contributed by atoms with van der Waals surface area (Å²) in [6, 6.07) is 3.46. The molecular formula is C27H35FN8O11P2S. The van der Waals surface area contributed by atoms with Crippen LogP contribution in [0.25, 0.3) is 11.2 Å². The minimum atomic E-state index is -3.97. The van der Waals surface area contributed by atoms with Crippen LogP contribution in [-0.4, -0.2) is 95.8 Å². The van der Waals surface area contributed by atoms with E-state index in [0.717, 1.165) is 6.33 Å². The lowest BCUT2D eigenvalue weighted by Gasteiger charge is -2.29. The van der Waals surface area contributed by atoms with Crippen molar-refractivity contribution in [3.8, 4) is 11.9 Å². The number of rotatable bonds is 16. The van der Waals surface area contributed by atoms with Gasteiger partial charge in [0.1, 0.15) is 24.6 Å². The number of halogens is 1. The standard InChI is InChI=1S/C27H35FN8O11P2S/c1-14(2)24(38)34-27-33-23-21(25(39)35-27)32-13-36(23)26-22(20(28)18(10-37)45-26)47-49(50,42-7-3-5-29)43-11-15-8-16(9-17(15)46-48(40)41)44-19-4-6-30-12-31-19/h4,6,12-18,20,22,26,37,48H,3,7-11H2,1-2H3,(H,40,41)(H2,33,34,35,38,39)/t15-,16-,17+,18-,20-,22-,26-,49-/m1/s1. The van der Waals surface area contributed by atoms with Gasteiger partial charge < -0.3 is 33.0 Å². The summed E-state index contributed by atoms with van der Waals surface area (Å²) in [7, 11) is -3.37. The molecule has 0 aromatic carbocycles. The van der Waals surface area contributed by atoms with E-state index in [2.05, 4.69) is 30.2 Å². The topological polar surface area (TPSA) is 255 Å². The smallest absolute Gasteiger partial charge is 0.327 e. The summed E-state index contributed by atoms with van der Waals surface area (Å²) in [6.45, 7) is -1.93. The molecule has 1 saturated carbocycles. The van der Waals surface area contributed by atoms with E-state index in [4.69, 9.17) is 44.6 Å². The molecule has 1 aliphatic carbocycles. The number of carbonyl (C=O) groups is 1. The first-order chi connectivity index (χ1) is 23.9. The second-order valence-electron chi connectivity index (χ2n) is 11.6. The number of anilines is 1. The van der Waals surface area contributed by atoms with Crippen molar-refractivity contribution in [1.82, 2.24) is 29.5 Å². The van der Waals surface area contributed by atoms with Gasteiger partial charge in [0.15, 0.2) is 23.6 Å². The lowest BCUT2D eigenvalue weighted by Crippen LogP contribution is -2.32. The van der Waals surface area contributed by atoms with Gasteiger partial charge in [0, 0.05) is 30.5 Å². The van der Waals surface area contributed by atoms with Gasteiger partial charge in [-0.05, 0) is 18.2 Å². The second kappa shape index (κ2) is 16.8. The molecule has 4 N–H and O–H groups in total.